The van der Waals surface area contributed by atoms with Gasteiger partial charge in [0, 0.05) is 6.61 Å². The Morgan fingerprint density at radius 1 is 1.00 bits per heavy atom. The highest BCUT2D eigenvalue weighted by molar-refractivity contribution is 6.22. The molecule has 3 aliphatic rings. The van der Waals surface area contributed by atoms with Gasteiger partial charge in [0.15, 0.2) is 0 Å². The lowest BCUT2D eigenvalue weighted by atomic mass is 9.85. The summed E-state index contributed by atoms with van der Waals surface area (Å²) in [4.78, 5) is 26.6. The van der Waals surface area contributed by atoms with Gasteiger partial charge in [-0.05, 0) is 42.4 Å². The number of aliphatic hydroxyl groups is 1. The van der Waals surface area contributed by atoms with Crippen molar-refractivity contribution in [2.75, 3.05) is 11.5 Å². The van der Waals surface area contributed by atoms with Crippen LogP contribution >= 0.6 is 0 Å². The number of carbonyl (C=O) groups is 2. The molecule has 108 valence electrons. The van der Waals surface area contributed by atoms with E-state index in [2.05, 4.69) is 12.2 Å². The molecule has 2 amide bonds. The van der Waals surface area contributed by atoms with Gasteiger partial charge in [-0.15, -0.1) is 0 Å². The Morgan fingerprint density at radius 2 is 1.57 bits per heavy atom. The molecule has 0 spiro atoms. The van der Waals surface area contributed by atoms with E-state index in [9.17, 15) is 9.59 Å². The number of carbonyl (C=O) groups excluding carboxylic acids is 2. The third-order valence-corrected chi connectivity index (χ3v) is 5.07. The number of hydrogen-bond donors (Lipinski definition) is 1. The summed E-state index contributed by atoms with van der Waals surface area (Å²) < 4.78 is 0. The lowest BCUT2D eigenvalue weighted by Crippen LogP contribution is -2.32. The number of allylic oxidation sites excluding steroid dienone is 2. The minimum atomic E-state index is -0.149. The molecule has 2 fully saturated rings. The first-order chi connectivity index (χ1) is 10.2. The summed E-state index contributed by atoms with van der Waals surface area (Å²) in [5.74, 6) is 0.105. The maximum absolute atomic E-state index is 12.6. The number of benzene rings is 1. The van der Waals surface area contributed by atoms with Gasteiger partial charge in [0.1, 0.15) is 0 Å². The van der Waals surface area contributed by atoms with Crippen molar-refractivity contribution in [3.63, 3.8) is 0 Å². The second-order valence-corrected chi connectivity index (χ2v) is 6.15. The summed E-state index contributed by atoms with van der Waals surface area (Å²) in [6.07, 6.45) is 5.74. The predicted octanol–water partition coefficient (Wildman–Crippen LogP) is 1.53. The van der Waals surface area contributed by atoms with Crippen molar-refractivity contribution in [1.82, 2.24) is 0 Å². The van der Waals surface area contributed by atoms with E-state index in [0.717, 1.165) is 12.0 Å². The van der Waals surface area contributed by atoms with Crippen molar-refractivity contribution in [3.8, 4) is 0 Å². The van der Waals surface area contributed by atoms with Crippen LogP contribution in [-0.4, -0.2) is 23.5 Å². The molecule has 4 rings (SSSR count). The molecular weight excluding hydrogens is 266 g/mol. The zero-order chi connectivity index (χ0) is 14.6. The van der Waals surface area contributed by atoms with Gasteiger partial charge in [-0.1, -0.05) is 24.3 Å². The Labute approximate surface area is 123 Å². The van der Waals surface area contributed by atoms with Crippen LogP contribution in [0.2, 0.25) is 0 Å². The van der Waals surface area contributed by atoms with E-state index in [1.807, 2.05) is 12.1 Å². The smallest absolute Gasteiger partial charge is 0.238 e. The predicted molar refractivity (Wildman–Crippen MR) is 77.4 cm³/mol. The number of rotatable bonds is 3. The molecule has 0 aromatic heterocycles. The lowest BCUT2D eigenvalue weighted by molar-refractivity contribution is -0.123. The summed E-state index contributed by atoms with van der Waals surface area (Å²) in [5, 5.41) is 8.93. The molecule has 1 aliphatic heterocycles. The van der Waals surface area contributed by atoms with Gasteiger partial charge < -0.3 is 5.11 Å². The molecule has 4 atom stereocenters. The summed E-state index contributed by atoms with van der Waals surface area (Å²) >= 11 is 0. The molecule has 21 heavy (non-hydrogen) atoms. The van der Waals surface area contributed by atoms with Crippen LogP contribution < -0.4 is 4.90 Å². The molecule has 1 N–H and O–H groups in total. The van der Waals surface area contributed by atoms with Crippen molar-refractivity contribution in [3.05, 3.63) is 42.0 Å². The van der Waals surface area contributed by atoms with Gasteiger partial charge in [-0.2, -0.15) is 0 Å². The second-order valence-electron chi connectivity index (χ2n) is 6.15. The first kappa shape index (κ1) is 12.8. The highest BCUT2D eigenvalue weighted by Gasteiger charge is 2.59. The van der Waals surface area contributed by atoms with Crippen LogP contribution in [0.1, 0.15) is 12.0 Å². The molecule has 1 aromatic rings. The van der Waals surface area contributed by atoms with E-state index in [4.69, 9.17) is 5.11 Å². The molecule has 1 aromatic carbocycles. The number of aliphatic hydroxyl groups excluding tert-OH is 1. The molecule has 4 unspecified atom stereocenters. The Hall–Kier alpha value is -1.94. The van der Waals surface area contributed by atoms with Crippen molar-refractivity contribution in [2.24, 2.45) is 23.7 Å². The maximum atomic E-state index is 12.6. The van der Waals surface area contributed by atoms with E-state index in [1.54, 1.807) is 12.1 Å². The van der Waals surface area contributed by atoms with Crippen LogP contribution in [0.3, 0.4) is 0 Å². The zero-order valence-corrected chi connectivity index (χ0v) is 11.6. The fraction of sp³-hybridized carbons (Fsp3) is 0.412. The van der Waals surface area contributed by atoms with E-state index >= 15 is 0 Å². The number of imide groups is 1. The van der Waals surface area contributed by atoms with E-state index < -0.39 is 0 Å². The fourth-order valence-corrected chi connectivity index (χ4v) is 4.10. The number of hydrogen-bond acceptors (Lipinski definition) is 3. The fourth-order valence-electron chi connectivity index (χ4n) is 4.10. The number of fused-ring (bicyclic) bond motifs is 5. The Kier molecular flexibility index (Phi) is 2.76. The van der Waals surface area contributed by atoms with Crippen LogP contribution in [0, 0.1) is 23.7 Å². The van der Waals surface area contributed by atoms with Gasteiger partial charge >= 0.3 is 0 Å². The molecule has 2 aliphatic carbocycles. The quantitative estimate of drug-likeness (QED) is 0.676. The van der Waals surface area contributed by atoms with E-state index in [1.165, 1.54) is 4.90 Å². The largest absolute Gasteiger partial charge is 0.396 e. The van der Waals surface area contributed by atoms with Gasteiger partial charge in [-0.3, -0.25) is 14.5 Å². The average molecular weight is 283 g/mol. The molecule has 0 radical (unpaired) electrons. The third-order valence-electron chi connectivity index (χ3n) is 5.07. The summed E-state index contributed by atoms with van der Waals surface area (Å²) in [5.41, 5.74) is 1.66. The molecule has 1 saturated carbocycles. The summed E-state index contributed by atoms with van der Waals surface area (Å²) in [6.45, 7) is 0.0973. The standard InChI is InChI=1S/C17H17NO3/c19-8-7-10-1-5-13(6-2-10)18-16(20)14-11-3-4-12(9-11)15(14)17(18)21/h1-6,11-12,14-15,19H,7-9H2. The third kappa shape index (κ3) is 1.72. The van der Waals surface area contributed by atoms with Crippen LogP contribution in [-0.2, 0) is 16.0 Å². The summed E-state index contributed by atoms with van der Waals surface area (Å²) in [6, 6.07) is 7.34. The zero-order valence-electron chi connectivity index (χ0n) is 11.6. The van der Waals surface area contributed by atoms with Crippen molar-refractivity contribution in [1.29, 1.82) is 0 Å². The number of anilines is 1. The first-order valence-electron chi connectivity index (χ1n) is 7.46. The average Bonchev–Trinajstić information content (AvgIpc) is 3.15. The molecule has 1 heterocycles. The minimum Gasteiger partial charge on any atom is -0.396 e. The number of amides is 2. The van der Waals surface area contributed by atoms with Crippen molar-refractivity contribution in [2.45, 2.75) is 12.8 Å². The van der Waals surface area contributed by atoms with Crippen LogP contribution in [0.4, 0.5) is 5.69 Å². The normalized spacial score (nSPS) is 33.1. The van der Waals surface area contributed by atoms with Crippen LogP contribution in [0.25, 0.3) is 0 Å². The molecule has 4 heteroatoms. The second kappa shape index (κ2) is 4.53. The van der Waals surface area contributed by atoms with E-state index in [0.29, 0.717) is 12.1 Å². The molecular formula is C17H17NO3. The first-order valence-corrected chi connectivity index (χ1v) is 7.46. The lowest BCUT2D eigenvalue weighted by Gasteiger charge is -2.17. The van der Waals surface area contributed by atoms with Gasteiger partial charge in [-0.25, -0.2) is 0 Å². The number of nitrogens with zero attached hydrogens (tertiary/aromatic N) is 1. The molecule has 1 saturated heterocycles. The minimum absolute atomic E-state index is 0.0447. The van der Waals surface area contributed by atoms with Gasteiger partial charge in [0.05, 0.1) is 17.5 Å². The van der Waals surface area contributed by atoms with Crippen molar-refractivity contribution >= 4 is 17.5 Å². The van der Waals surface area contributed by atoms with Crippen LogP contribution in [0.15, 0.2) is 36.4 Å². The van der Waals surface area contributed by atoms with E-state index in [-0.39, 0.29) is 42.1 Å². The SMILES string of the molecule is O=C1C2C3C=CC(C3)C2C(=O)N1c1ccc(CCO)cc1. The summed E-state index contributed by atoms with van der Waals surface area (Å²) in [7, 11) is 0. The Bertz CT molecular complexity index is 604. The maximum Gasteiger partial charge on any atom is 0.238 e. The molecule has 2 bridgehead atoms. The topological polar surface area (TPSA) is 57.6 Å². The molecule has 4 nitrogen and oxygen atoms in total. The highest BCUT2D eigenvalue weighted by atomic mass is 16.3. The van der Waals surface area contributed by atoms with Crippen LogP contribution in [0.5, 0.6) is 0 Å². The Morgan fingerprint density at radius 3 is 2.10 bits per heavy atom. The monoisotopic (exact) mass is 283 g/mol. The Balaban J connectivity index is 1.64. The van der Waals surface area contributed by atoms with Crippen molar-refractivity contribution < 1.29 is 14.7 Å². The van der Waals surface area contributed by atoms with Gasteiger partial charge in [0.2, 0.25) is 11.8 Å². The highest BCUT2D eigenvalue weighted by Crippen LogP contribution is 2.53. The van der Waals surface area contributed by atoms with Gasteiger partial charge in [0.25, 0.3) is 0 Å².